The molecule has 0 aromatic heterocycles. The van der Waals surface area contributed by atoms with Crippen molar-refractivity contribution in [1.82, 2.24) is 0 Å². The first-order chi connectivity index (χ1) is 5.72. The minimum Gasteiger partial charge on any atom is -0.508 e. The molecule has 0 unspecified atom stereocenters. The van der Waals surface area contributed by atoms with E-state index >= 15 is 0 Å². The Morgan fingerprint density at radius 3 is 2.50 bits per heavy atom. The fourth-order valence-corrected chi connectivity index (χ4v) is 1.05. The number of hydrogen-bond donors (Lipinski definition) is 1. The Labute approximate surface area is 71.8 Å². The van der Waals surface area contributed by atoms with Gasteiger partial charge in [0.1, 0.15) is 12.0 Å². The molecule has 0 radical (unpaired) electrons. The highest BCUT2D eigenvalue weighted by Crippen LogP contribution is 2.12. The average Bonchev–Trinajstić information content (AvgIpc) is 2.09. The van der Waals surface area contributed by atoms with Gasteiger partial charge in [-0.15, -0.1) is 0 Å². The molecular formula is C10H12O2. The lowest BCUT2D eigenvalue weighted by Crippen LogP contribution is -1.99. The Bertz CT molecular complexity index is 251. The third-order valence-electron chi connectivity index (χ3n) is 1.73. The summed E-state index contributed by atoms with van der Waals surface area (Å²) < 4.78 is 0. The van der Waals surface area contributed by atoms with Crippen LogP contribution >= 0.6 is 0 Å². The highest BCUT2D eigenvalue weighted by molar-refractivity contribution is 5.53. The fourth-order valence-electron chi connectivity index (χ4n) is 1.05. The van der Waals surface area contributed by atoms with Crippen molar-refractivity contribution in [3.05, 3.63) is 29.8 Å². The topological polar surface area (TPSA) is 37.3 Å². The molecule has 1 aromatic carbocycles. The maximum Gasteiger partial charge on any atom is 0.123 e. The Morgan fingerprint density at radius 2 is 2.00 bits per heavy atom. The number of aldehydes is 1. The number of rotatable bonds is 3. The standard InChI is InChI=1S/C10H12O2/c1-8(7-11)6-9-2-4-10(12)5-3-9/h2-5,7-8,12H,6H2,1H3/t8-/m0/s1. The molecule has 12 heavy (non-hydrogen) atoms. The summed E-state index contributed by atoms with van der Waals surface area (Å²) in [6.45, 7) is 1.87. The zero-order valence-electron chi connectivity index (χ0n) is 7.03. The first kappa shape index (κ1) is 8.78. The number of carbonyl (C=O) groups is 1. The molecule has 0 aliphatic heterocycles. The van der Waals surface area contributed by atoms with Crippen LogP contribution in [0.1, 0.15) is 12.5 Å². The highest BCUT2D eigenvalue weighted by Gasteiger charge is 2.00. The van der Waals surface area contributed by atoms with E-state index in [0.29, 0.717) is 0 Å². The first-order valence-corrected chi connectivity index (χ1v) is 3.95. The van der Waals surface area contributed by atoms with Crippen LogP contribution in [0.5, 0.6) is 5.75 Å². The molecule has 0 bridgehead atoms. The van der Waals surface area contributed by atoms with Gasteiger partial charge < -0.3 is 9.90 Å². The van der Waals surface area contributed by atoms with Gasteiger partial charge >= 0.3 is 0 Å². The van der Waals surface area contributed by atoms with Gasteiger partial charge in [0.05, 0.1) is 0 Å². The van der Waals surface area contributed by atoms with Gasteiger partial charge in [0, 0.05) is 5.92 Å². The van der Waals surface area contributed by atoms with Gasteiger partial charge in [-0.05, 0) is 24.1 Å². The number of carbonyl (C=O) groups excluding carboxylic acids is 1. The molecule has 1 aromatic rings. The zero-order valence-corrected chi connectivity index (χ0v) is 7.03. The van der Waals surface area contributed by atoms with E-state index in [4.69, 9.17) is 5.11 Å². The summed E-state index contributed by atoms with van der Waals surface area (Å²) >= 11 is 0. The van der Waals surface area contributed by atoms with Crippen LogP contribution < -0.4 is 0 Å². The van der Waals surface area contributed by atoms with Gasteiger partial charge in [0.25, 0.3) is 0 Å². The van der Waals surface area contributed by atoms with E-state index in [1.807, 2.05) is 19.1 Å². The number of benzene rings is 1. The molecular weight excluding hydrogens is 152 g/mol. The Morgan fingerprint density at radius 1 is 1.42 bits per heavy atom. The second kappa shape index (κ2) is 3.90. The maximum atomic E-state index is 10.3. The lowest BCUT2D eigenvalue weighted by Gasteiger charge is -2.02. The summed E-state index contributed by atoms with van der Waals surface area (Å²) in [4.78, 5) is 10.3. The van der Waals surface area contributed by atoms with Crippen LogP contribution in [0, 0.1) is 5.92 Å². The van der Waals surface area contributed by atoms with Crippen LogP contribution in [-0.4, -0.2) is 11.4 Å². The van der Waals surface area contributed by atoms with E-state index in [1.54, 1.807) is 12.1 Å². The molecule has 0 fully saturated rings. The Kier molecular flexibility index (Phi) is 2.86. The molecule has 0 aliphatic carbocycles. The van der Waals surface area contributed by atoms with Crippen molar-refractivity contribution in [2.24, 2.45) is 5.92 Å². The third-order valence-corrected chi connectivity index (χ3v) is 1.73. The summed E-state index contributed by atoms with van der Waals surface area (Å²) in [5, 5.41) is 8.98. The van der Waals surface area contributed by atoms with Crippen LogP contribution in [0.2, 0.25) is 0 Å². The second-order valence-corrected chi connectivity index (χ2v) is 2.98. The molecule has 2 heteroatoms. The quantitative estimate of drug-likeness (QED) is 0.691. The molecule has 1 N–H and O–H groups in total. The smallest absolute Gasteiger partial charge is 0.123 e. The summed E-state index contributed by atoms with van der Waals surface area (Å²) in [6, 6.07) is 6.92. The van der Waals surface area contributed by atoms with E-state index in [0.717, 1.165) is 18.3 Å². The predicted octanol–water partition coefficient (Wildman–Crippen LogP) is 1.77. The number of phenols is 1. The van der Waals surface area contributed by atoms with Crippen LogP contribution in [0.3, 0.4) is 0 Å². The number of phenolic OH excluding ortho intramolecular Hbond substituents is 1. The summed E-state index contributed by atoms with van der Waals surface area (Å²) in [5.74, 6) is 0.312. The third kappa shape index (κ3) is 2.38. The lowest BCUT2D eigenvalue weighted by molar-refractivity contribution is -0.110. The molecule has 64 valence electrons. The largest absolute Gasteiger partial charge is 0.508 e. The predicted molar refractivity (Wildman–Crippen MR) is 47.0 cm³/mol. The molecule has 0 saturated carbocycles. The molecule has 2 nitrogen and oxygen atoms in total. The second-order valence-electron chi connectivity index (χ2n) is 2.98. The van der Waals surface area contributed by atoms with Gasteiger partial charge in [-0.3, -0.25) is 0 Å². The SMILES string of the molecule is C[C@H](C=O)Cc1ccc(O)cc1. The Hall–Kier alpha value is -1.31. The molecule has 0 amide bonds. The summed E-state index contributed by atoms with van der Waals surface area (Å²) in [5.41, 5.74) is 1.08. The fraction of sp³-hybridized carbons (Fsp3) is 0.300. The molecule has 1 rings (SSSR count). The highest BCUT2D eigenvalue weighted by atomic mass is 16.3. The van der Waals surface area contributed by atoms with E-state index < -0.39 is 0 Å². The van der Waals surface area contributed by atoms with E-state index in [2.05, 4.69) is 0 Å². The van der Waals surface area contributed by atoms with E-state index in [1.165, 1.54) is 0 Å². The van der Waals surface area contributed by atoms with Crippen LogP contribution in [0.25, 0.3) is 0 Å². The van der Waals surface area contributed by atoms with E-state index in [-0.39, 0.29) is 11.7 Å². The Balaban J connectivity index is 2.64. The average molecular weight is 164 g/mol. The minimum absolute atomic E-state index is 0.0505. The molecule has 0 aliphatic rings. The van der Waals surface area contributed by atoms with Crippen molar-refractivity contribution in [2.45, 2.75) is 13.3 Å². The van der Waals surface area contributed by atoms with Gasteiger partial charge in [-0.1, -0.05) is 19.1 Å². The summed E-state index contributed by atoms with van der Waals surface area (Å²) in [7, 11) is 0. The van der Waals surface area contributed by atoms with Crippen molar-refractivity contribution >= 4 is 6.29 Å². The van der Waals surface area contributed by atoms with Crippen molar-refractivity contribution in [3.8, 4) is 5.75 Å². The van der Waals surface area contributed by atoms with E-state index in [9.17, 15) is 4.79 Å². The van der Waals surface area contributed by atoms with Crippen molar-refractivity contribution in [3.63, 3.8) is 0 Å². The molecule has 0 heterocycles. The first-order valence-electron chi connectivity index (χ1n) is 3.95. The van der Waals surface area contributed by atoms with Crippen molar-refractivity contribution in [2.75, 3.05) is 0 Å². The van der Waals surface area contributed by atoms with Gasteiger partial charge in [0.2, 0.25) is 0 Å². The molecule has 0 saturated heterocycles. The van der Waals surface area contributed by atoms with Crippen molar-refractivity contribution in [1.29, 1.82) is 0 Å². The van der Waals surface area contributed by atoms with Gasteiger partial charge in [0.15, 0.2) is 0 Å². The molecule has 1 atom stereocenters. The van der Waals surface area contributed by atoms with Crippen molar-refractivity contribution < 1.29 is 9.90 Å². The summed E-state index contributed by atoms with van der Waals surface area (Å²) in [6.07, 6.45) is 1.68. The van der Waals surface area contributed by atoms with Crippen LogP contribution in [0.15, 0.2) is 24.3 Å². The van der Waals surface area contributed by atoms with Gasteiger partial charge in [-0.25, -0.2) is 0 Å². The van der Waals surface area contributed by atoms with Crippen LogP contribution in [0.4, 0.5) is 0 Å². The monoisotopic (exact) mass is 164 g/mol. The molecule has 0 spiro atoms. The zero-order chi connectivity index (χ0) is 8.97. The normalized spacial score (nSPS) is 12.4. The lowest BCUT2D eigenvalue weighted by atomic mass is 10.0. The number of hydrogen-bond acceptors (Lipinski definition) is 2. The minimum atomic E-state index is 0.0505. The van der Waals surface area contributed by atoms with Gasteiger partial charge in [-0.2, -0.15) is 0 Å². The number of aromatic hydroxyl groups is 1. The van der Waals surface area contributed by atoms with Crippen LogP contribution in [-0.2, 0) is 11.2 Å². The maximum absolute atomic E-state index is 10.3.